The van der Waals surface area contributed by atoms with Crippen molar-refractivity contribution in [3.8, 4) is 0 Å². The van der Waals surface area contributed by atoms with E-state index in [4.69, 9.17) is 4.42 Å². The molecule has 3 rings (SSSR count). The predicted molar refractivity (Wildman–Crippen MR) is 121 cm³/mol. The fourth-order valence-electron chi connectivity index (χ4n) is 2.58. The summed E-state index contributed by atoms with van der Waals surface area (Å²) in [5.41, 5.74) is 1.94. The van der Waals surface area contributed by atoms with Gasteiger partial charge in [0.2, 0.25) is 0 Å². The molecule has 2 aromatic heterocycles. The molecule has 0 bridgehead atoms. The molecule has 1 atom stereocenters. The smallest absolute Gasteiger partial charge is 0.191 e. The molecule has 0 saturated heterocycles. The number of furan rings is 1. The van der Waals surface area contributed by atoms with Crippen molar-refractivity contribution in [2.45, 2.75) is 19.1 Å². The number of aromatic nitrogens is 1. The Kier molecular flexibility index (Phi) is 9.50. The number of aliphatic hydroxyl groups excluding tert-OH is 1. The first kappa shape index (κ1) is 21.9. The molecule has 0 saturated carbocycles. The van der Waals surface area contributed by atoms with Gasteiger partial charge in [0.15, 0.2) is 5.96 Å². The minimum Gasteiger partial charge on any atom is -0.469 e. The molecule has 3 aromatic rings. The molecule has 0 aliphatic heterocycles. The number of guanidine groups is 1. The van der Waals surface area contributed by atoms with Gasteiger partial charge < -0.3 is 20.2 Å². The van der Waals surface area contributed by atoms with E-state index in [0.29, 0.717) is 25.6 Å². The zero-order valence-corrected chi connectivity index (χ0v) is 17.8. The number of halogens is 1. The number of hydrogen-bond acceptors (Lipinski definition) is 4. The molecule has 7 heteroatoms. The molecule has 1 unspecified atom stereocenters. The predicted octanol–water partition coefficient (Wildman–Crippen LogP) is 3.30. The Labute approximate surface area is 182 Å². The summed E-state index contributed by atoms with van der Waals surface area (Å²) >= 11 is 0. The Hall–Kier alpha value is -2.39. The summed E-state index contributed by atoms with van der Waals surface area (Å²) in [7, 11) is 0. The van der Waals surface area contributed by atoms with Crippen LogP contribution < -0.4 is 10.6 Å². The highest BCUT2D eigenvalue weighted by atomic mass is 127. The summed E-state index contributed by atoms with van der Waals surface area (Å²) in [6.45, 7) is 1.59. The number of pyridine rings is 1. The fourth-order valence-corrected chi connectivity index (χ4v) is 2.58. The number of nitrogens with zero attached hydrogens (tertiary/aromatic N) is 2. The quantitative estimate of drug-likeness (QED) is 0.256. The van der Waals surface area contributed by atoms with E-state index in [0.717, 1.165) is 23.3 Å². The maximum atomic E-state index is 10.3. The third-order valence-electron chi connectivity index (χ3n) is 4.06. The lowest BCUT2D eigenvalue weighted by Crippen LogP contribution is -2.40. The van der Waals surface area contributed by atoms with Gasteiger partial charge in [0.1, 0.15) is 5.76 Å². The Balaban J connectivity index is 0.00000280. The van der Waals surface area contributed by atoms with Gasteiger partial charge in [0, 0.05) is 31.9 Å². The van der Waals surface area contributed by atoms with Gasteiger partial charge in [-0.15, -0.1) is 24.0 Å². The van der Waals surface area contributed by atoms with Crippen LogP contribution >= 0.6 is 24.0 Å². The minimum absolute atomic E-state index is 0. The topological polar surface area (TPSA) is 82.7 Å². The van der Waals surface area contributed by atoms with E-state index in [1.807, 2.05) is 42.5 Å². The van der Waals surface area contributed by atoms with E-state index in [9.17, 15) is 5.11 Å². The van der Waals surface area contributed by atoms with Crippen LogP contribution in [0.2, 0.25) is 0 Å². The van der Waals surface area contributed by atoms with Crippen LogP contribution in [0.5, 0.6) is 0 Å². The van der Waals surface area contributed by atoms with E-state index in [-0.39, 0.29) is 24.0 Å². The highest BCUT2D eigenvalue weighted by Gasteiger charge is 2.08. The first-order valence-corrected chi connectivity index (χ1v) is 8.98. The molecule has 0 fully saturated rings. The first-order chi connectivity index (χ1) is 13.3. The third-order valence-corrected chi connectivity index (χ3v) is 4.06. The standard InChI is InChI=1S/C21H24N4O2.HI/c26-20(18-8-11-22-12-9-18)16-25-21(23-13-10-19-7-4-14-27-19)24-15-17-5-2-1-3-6-17;/h1-9,11-12,14,20,26H,10,13,15-16H2,(H2,23,24,25);1H. The molecule has 0 radical (unpaired) electrons. The number of nitrogens with one attached hydrogen (secondary N) is 2. The summed E-state index contributed by atoms with van der Waals surface area (Å²) in [5, 5.41) is 16.8. The number of benzene rings is 1. The summed E-state index contributed by atoms with van der Waals surface area (Å²) < 4.78 is 5.35. The van der Waals surface area contributed by atoms with Crippen LogP contribution in [-0.4, -0.2) is 29.1 Å². The molecule has 0 spiro atoms. The van der Waals surface area contributed by atoms with Crippen molar-refractivity contribution in [2.24, 2.45) is 4.99 Å². The first-order valence-electron chi connectivity index (χ1n) is 8.98. The molecule has 0 aliphatic carbocycles. The van der Waals surface area contributed by atoms with Gasteiger partial charge in [-0.05, 0) is 35.4 Å². The Morgan fingerprint density at radius 2 is 1.82 bits per heavy atom. The van der Waals surface area contributed by atoms with E-state index >= 15 is 0 Å². The lowest BCUT2D eigenvalue weighted by Gasteiger charge is -2.16. The summed E-state index contributed by atoms with van der Waals surface area (Å²) in [6, 6.07) is 17.5. The maximum Gasteiger partial charge on any atom is 0.191 e. The molecular weight excluding hydrogens is 467 g/mol. The molecule has 1 aromatic carbocycles. The van der Waals surface area contributed by atoms with E-state index in [2.05, 4.69) is 20.6 Å². The third kappa shape index (κ3) is 7.32. The Morgan fingerprint density at radius 1 is 1.04 bits per heavy atom. The molecule has 6 nitrogen and oxygen atoms in total. The normalized spacial score (nSPS) is 12.1. The van der Waals surface area contributed by atoms with E-state index in [1.165, 1.54) is 0 Å². The van der Waals surface area contributed by atoms with Crippen molar-refractivity contribution in [3.05, 3.63) is 90.1 Å². The van der Waals surface area contributed by atoms with Crippen LogP contribution in [0.1, 0.15) is 23.0 Å². The SMILES string of the molecule is I.OC(CNC(=NCc1ccccc1)NCCc1ccco1)c1ccncc1. The van der Waals surface area contributed by atoms with Crippen molar-refractivity contribution in [1.82, 2.24) is 15.6 Å². The minimum atomic E-state index is -0.637. The second-order valence-electron chi connectivity index (χ2n) is 6.08. The molecule has 148 valence electrons. The molecule has 2 heterocycles. The molecule has 0 aliphatic rings. The monoisotopic (exact) mass is 492 g/mol. The van der Waals surface area contributed by atoms with Gasteiger partial charge in [-0.2, -0.15) is 0 Å². The lowest BCUT2D eigenvalue weighted by molar-refractivity contribution is 0.180. The van der Waals surface area contributed by atoms with Crippen LogP contribution in [0.25, 0.3) is 0 Å². The molecule has 0 amide bonds. The van der Waals surface area contributed by atoms with Crippen LogP contribution in [0.15, 0.2) is 82.7 Å². The summed E-state index contributed by atoms with van der Waals surface area (Å²) in [4.78, 5) is 8.59. The van der Waals surface area contributed by atoms with Gasteiger partial charge in [0.25, 0.3) is 0 Å². The van der Waals surface area contributed by atoms with Crippen LogP contribution in [0, 0.1) is 0 Å². The van der Waals surface area contributed by atoms with E-state index in [1.54, 1.807) is 30.8 Å². The van der Waals surface area contributed by atoms with Gasteiger partial charge in [0.05, 0.1) is 18.9 Å². The van der Waals surface area contributed by atoms with Gasteiger partial charge >= 0.3 is 0 Å². The Bertz CT molecular complexity index is 811. The zero-order chi connectivity index (χ0) is 18.7. The maximum absolute atomic E-state index is 10.3. The zero-order valence-electron chi connectivity index (χ0n) is 15.5. The second-order valence-corrected chi connectivity index (χ2v) is 6.08. The summed E-state index contributed by atoms with van der Waals surface area (Å²) in [5.74, 6) is 1.57. The van der Waals surface area contributed by atoms with Gasteiger partial charge in [-0.25, -0.2) is 4.99 Å². The van der Waals surface area contributed by atoms with E-state index < -0.39 is 6.10 Å². The largest absolute Gasteiger partial charge is 0.469 e. The molecule has 28 heavy (non-hydrogen) atoms. The fraction of sp³-hybridized carbons (Fsp3) is 0.238. The van der Waals surface area contributed by atoms with Crippen molar-refractivity contribution >= 4 is 29.9 Å². The van der Waals surface area contributed by atoms with Gasteiger partial charge in [-0.3, -0.25) is 4.98 Å². The second kappa shape index (κ2) is 12.1. The van der Waals surface area contributed by atoms with Crippen molar-refractivity contribution in [1.29, 1.82) is 0 Å². The van der Waals surface area contributed by atoms with Crippen LogP contribution in [0.4, 0.5) is 0 Å². The number of hydrogen-bond donors (Lipinski definition) is 3. The van der Waals surface area contributed by atoms with Gasteiger partial charge in [-0.1, -0.05) is 30.3 Å². The van der Waals surface area contributed by atoms with Crippen molar-refractivity contribution in [3.63, 3.8) is 0 Å². The van der Waals surface area contributed by atoms with Crippen LogP contribution in [-0.2, 0) is 13.0 Å². The average Bonchev–Trinajstić information content (AvgIpc) is 3.24. The highest BCUT2D eigenvalue weighted by molar-refractivity contribution is 14.0. The number of aliphatic imine (C=N–C) groups is 1. The Morgan fingerprint density at radius 3 is 2.54 bits per heavy atom. The van der Waals surface area contributed by atoms with Crippen LogP contribution in [0.3, 0.4) is 0 Å². The summed E-state index contributed by atoms with van der Waals surface area (Å²) in [6.07, 6.45) is 5.13. The highest BCUT2D eigenvalue weighted by Crippen LogP contribution is 2.09. The number of rotatable bonds is 8. The molecular formula is C21H25IN4O2. The van der Waals surface area contributed by atoms with Crippen molar-refractivity contribution in [2.75, 3.05) is 13.1 Å². The van der Waals surface area contributed by atoms with Crippen molar-refractivity contribution < 1.29 is 9.52 Å². The molecule has 3 N–H and O–H groups in total. The average molecular weight is 492 g/mol. The number of aliphatic hydroxyl groups is 1. The lowest BCUT2D eigenvalue weighted by atomic mass is 10.1.